The van der Waals surface area contributed by atoms with Gasteiger partial charge in [-0.15, -0.1) is 0 Å². The Kier molecular flexibility index (Phi) is 21.1. The number of rotatable bonds is 24. The molecule has 12 N–H and O–H groups in total. The number of carboxylic acid groups (broad SMARTS) is 2. The summed E-state index contributed by atoms with van der Waals surface area (Å²) in [6.45, 7) is 3.77. The van der Waals surface area contributed by atoms with E-state index >= 15 is 0 Å². The second-order valence-electron chi connectivity index (χ2n) is 15.4. The van der Waals surface area contributed by atoms with Crippen LogP contribution < -0.4 is 38.1 Å². The number of hydrogen-bond donors (Lipinski definition) is 10. The minimum absolute atomic E-state index is 0.0495. The van der Waals surface area contributed by atoms with Crippen LogP contribution in [0, 0.1) is 17.8 Å². The molecule has 0 aromatic heterocycles. The molecular weight excluding hydrogens is 702 g/mol. The lowest BCUT2D eigenvalue weighted by Gasteiger charge is -2.33. The third-order valence-electron chi connectivity index (χ3n) is 10.2. The highest BCUT2D eigenvalue weighted by Crippen LogP contribution is 2.26. The molecule has 54 heavy (non-hydrogen) atoms. The van der Waals surface area contributed by atoms with E-state index in [9.17, 15) is 43.8 Å². The molecule has 2 aliphatic rings. The van der Waals surface area contributed by atoms with E-state index in [0.29, 0.717) is 45.1 Å². The standard InChI is InChI=1S/C37H65N7O10/c1-22(2)16-25(18-31(46)41-24(20-35(51)52)13-14-34(49)50)42-37(54)28-10-4-6-12-30(28)44-33(48)17-23(8-7-15-38)40-32(47)19-26(21-45)43-36(53)27-9-3-5-11-29(27)39/h22-30,45H,3-21,38-39H2,1-2H3,(H,40,47)(H,41,46)(H,42,54)(H,43,53)(H,44,48)(H,49,50)(H,51,52)/t23-,24-,25-,26+,27+,28+,29+,30+/m0/s1. The fraction of sp³-hybridized carbons (Fsp3) is 0.811. The van der Waals surface area contributed by atoms with E-state index in [-0.39, 0.29) is 67.7 Å². The number of carbonyl (C=O) groups excluding carboxylic acids is 5. The molecule has 0 radical (unpaired) electrons. The normalized spacial score (nSPS) is 22.2. The average Bonchev–Trinajstić information content (AvgIpc) is 3.08. The molecule has 2 saturated carbocycles. The van der Waals surface area contributed by atoms with Crippen molar-refractivity contribution in [3.8, 4) is 0 Å². The van der Waals surface area contributed by atoms with Crippen molar-refractivity contribution in [2.75, 3.05) is 13.2 Å². The van der Waals surface area contributed by atoms with Gasteiger partial charge in [0.2, 0.25) is 29.5 Å². The van der Waals surface area contributed by atoms with E-state index in [4.69, 9.17) is 16.6 Å². The molecule has 17 heteroatoms. The van der Waals surface area contributed by atoms with E-state index < -0.39 is 72.9 Å². The van der Waals surface area contributed by atoms with Crippen LogP contribution in [0.25, 0.3) is 0 Å². The number of amides is 5. The van der Waals surface area contributed by atoms with Crippen LogP contribution in [0.2, 0.25) is 0 Å². The molecule has 2 aliphatic carbocycles. The number of hydrogen-bond acceptors (Lipinski definition) is 10. The summed E-state index contributed by atoms with van der Waals surface area (Å²) in [5.74, 6) is -5.02. The predicted molar refractivity (Wildman–Crippen MR) is 199 cm³/mol. The molecule has 308 valence electrons. The summed E-state index contributed by atoms with van der Waals surface area (Å²) >= 11 is 0. The second-order valence-corrected chi connectivity index (χ2v) is 15.4. The molecule has 0 aliphatic heterocycles. The molecule has 2 rings (SSSR count). The van der Waals surface area contributed by atoms with Crippen molar-refractivity contribution in [2.24, 2.45) is 29.2 Å². The molecule has 5 amide bonds. The molecule has 8 atom stereocenters. The molecule has 0 spiro atoms. The van der Waals surface area contributed by atoms with Gasteiger partial charge >= 0.3 is 11.9 Å². The van der Waals surface area contributed by atoms with Crippen LogP contribution in [-0.2, 0) is 33.6 Å². The molecule has 17 nitrogen and oxygen atoms in total. The van der Waals surface area contributed by atoms with Gasteiger partial charge < -0.3 is 53.4 Å². The van der Waals surface area contributed by atoms with Gasteiger partial charge in [-0.05, 0) is 63.8 Å². The van der Waals surface area contributed by atoms with E-state index in [0.717, 1.165) is 32.1 Å². The predicted octanol–water partition coefficient (Wildman–Crippen LogP) is 0.405. The van der Waals surface area contributed by atoms with Crippen LogP contribution in [0.15, 0.2) is 0 Å². The summed E-state index contributed by atoms with van der Waals surface area (Å²) in [5.41, 5.74) is 11.9. The van der Waals surface area contributed by atoms with Gasteiger partial charge in [0, 0.05) is 55.9 Å². The van der Waals surface area contributed by atoms with Crippen molar-refractivity contribution in [2.45, 2.75) is 159 Å². The zero-order chi connectivity index (χ0) is 40.2. The monoisotopic (exact) mass is 767 g/mol. The first-order valence-electron chi connectivity index (χ1n) is 19.6. The maximum Gasteiger partial charge on any atom is 0.305 e. The molecule has 0 saturated heterocycles. The Labute approximate surface area is 318 Å². The summed E-state index contributed by atoms with van der Waals surface area (Å²) in [4.78, 5) is 88.2. The van der Waals surface area contributed by atoms with Gasteiger partial charge in [0.1, 0.15) is 0 Å². The number of carbonyl (C=O) groups is 7. The van der Waals surface area contributed by atoms with Crippen molar-refractivity contribution in [3.63, 3.8) is 0 Å². The SMILES string of the molecule is CC(C)C[C@@H](CC(=O)N[C@@H](CCC(=O)O)CC(=O)O)NC(=O)[C@@H]1CCCC[C@H]1NC(=O)C[C@H](CCCN)NC(=O)C[C@H](CO)NC(=O)[C@@H]1CCCC[C@H]1N. The van der Waals surface area contributed by atoms with Crippen LogP contribution in [0.1, 0.15) is 123 Å². The van der Waals surface area contributed by atoms with Gasteiger partial charge in [-0.2, -0.15) is 0 Å². The summed E-state index contributed by atoms with van der Waals surface area (Å²) in [6, 6.07) is -3.60. The van der Waals surface area contributed by atoms with Gasteiger partial charge in [0.25, 0.3) is 0 Å². The zero-order valence-electron chi connectivity index (χ0n) is 32.0. The van der Waals surface area contributed by atoms with E-state index in [1.54, 1.807) is 0 Å². The Hall–Kier alpha value is -3.83. The van der Waals surface area contributed by atoms with Crippen molar-refractivity contribution in [3.05, 3.63) is 0 Å². The number of nitrogens with one attached hydrogen (secondary N) is 5. The summed E-state index contributed by atoms with van der Waals surface area (Å²) < 4.78 is 0. The van der Waals surface area contributed by atoms with Crippen LogP contribution in [0.5, 0.6) is 0 Å². The Morgan fingerprint density at radius 3 is 1.76 bits per heavy atom. The second kappa shape index (κ2) is 24.6. The van der Waals surface area contributed by atoms with Gasteiger partial charge in [-0.3, -0.25) is 33.6 Å². The Bertz CT molecular complexity index is 1250. The lowest BCUT2D eigenvalue weighted by atomic mass is 9.83. The van der Waals surface area contributed by atoms with Crippen LogP contribution in [0.3, 0.4) is 0 Å². The molecule has 0 bridgehead atoms. The minimum Gasteiger partial charge on any atom is -0.481 e. The molecular formula is C37H65N7O10. The third kappa shape index (κ3) is 18.0. The Morgan fingerprint density at radius 2 is 1.19 bits per heavy atom. The highest BCUT2D eigenvalue weighted by Gasteiger charge is 2.35. The van der Waals surface area contributed by atoms with E-state index in [1.807, 2.05) is 13.8 Å². The van der Waals surface area contributed by atoms with Crippen molar-refractivity contribution in [1.29, 1.82) is 0 Å². The molecule has 0 aromatic rings. The van der Waals surface area contributed by atoms with Crippen molar-refractivity contribution in [1.82, 2.24) is 26.6 Å². The average molecular weight is 768 g/mol. The van der Waals surface area contributed by atoms with Gasteiger partial charge in [0.05, 0.1) is 30.9 Å². The lowest BCUT2D eigenvalue weighted by Crippen LogP contribution is -2.52. The maximum absolute atomic E-state index is 13.7. The topological polar surface area (TPSA) is 292 Å². The Balaban J connectivity index is 2.01. The minimum atomic E-state index is -1.17. The molecule has 0 unspecified atom stereocenters. The van der Waals surface area contributed by atoms with E-state index in [2.05, 4.69) is 26.6 Å². The van der Waals surface area contributed by atoms with Gasteiger partial charge in [-0.25, -0.2) is 0 Å². The zero-order valence-corrected chi connectivity index (χ0v) is 32.0. The highest BCUT2D eigenvalue weighted by atomic mass is 16.4. The van der Waals surface area contributed by atoms with Gasteiger partial charge in [-0.1, -0.05) is 39.5 Å². The highest BCUT2D eigenvalue weighted by molar-refractivity contribution is 5.85. The largest absolute Gasteiger partial charge is 0.481 e. The van der Waals surface area contributed by atoms with Crippen LogP contribution in [0.4, 0.5) is 0 Å². The lowest BCUT2D eigenvalue weighted by molar-refractivity contribution is -0.140. The maximum atomic E-state index is 13.7. The van der Waals surface area contributed by atoms with Crippen LogP contribution in [-0.4, -0.2) is 106 Å². The summed E-state index contributed by atoms with van der Waals surface area (Å²) in [6.07, 6.45) is 6.11. The first kappa shape index (κ1) is 46.3. The smallest absolute Gasteiger partial charge is 0.305 e. The quantitative estimate of drug-likeness (QED) is 0.0639. The van der Waals surface area contributed by atoms with Crippen molar-refractivity contribution >= 4 is 41.5 Å². The van der Waals surface area contributed by atoms with E-state index in [1.165, 1.54) is 0 Å². The Morgan fingerprint density at radius 1 is 0.648 bits per heavy atom. The first-order valence-corrected chi connectivity index (χ1v) is 19.6. The fourth-order valence-corrected chi connectivity index (χ4v) is 7.48. The molecule has 0 heterocycles. The number of aliphatic hydroxyl groups is 1. The van der Waals surface area contributed by atoms with Gasteiger partial charge in [0.15, 0.2) is 0 Å². The molecule has 0 aromatic carbocycles. The number of aliphatic carboxylic acids is 2. The number of nitrogens with two attached hydrogens (primary N) is 2. The molecule has 2 fully saturated rings. The summed E-state index contributed by atoms with van der Waals surface area (Å²) in [5, 5.41) is 42.3. The number of carboxylic acids is 2. The summed E-state index contributed by atoms with van der Waals surface area (Å²) in [7, 11) is 0. The van der Waals surface area contributed by atoms with Crippen molar-refractivity contribution < 1.29 is 48.9 Å². The third-order valence-corrected chi connectivity index (χ3v) is 10.2. The number of aliphatic hydroxyl groups excluding tert-OH is 1. The fourth-order valence-electron chi connectivity index (χ4n) is 7.48. The first-order chi connectivity index (χ1) is 25.6. The van der Waals surface area contributed by atoms with Crippen LogP contribution >= 0.6 is 0 Å².